The number of aryl methyl sites for hydroxylation is 1. The van der Waals surface area contributed by atoms with Gasteiger partial charge in [-0.1, -0.05) is 53.7 Å². The van der Waals surface area contributed by atoms with Crippen molar-refractivity contribution in [1.82, 2.24) is 5.32 Å². The van der Waals surface area contributed by atoms with Gasteiger partial charge < -0.3 is 14.5 Å². The number of amidine groups is 1. The summed E-state index contributed by atoms with van der Waals surface area (Å²) in [6, 6.07) is 18.7. The average molecular weight is 524 g/mol. The highest BCUT2D eigenvalue weighted by Crippen LogP contribution is 2.34. The van der Waals surface area contributed by atoms with Crippen LogP contribution in [0.25, 0.3) is 6.08 Å². The van der Waals surface area contributed by atoms with Crippen molar-refractivity contribution in [3.8, 4) is 5.75 Å². The van der Waals surface area contributed by atoms with Crippen LogP contribution in [-0.2, 0) is 16.0 Å². The number of hydrogen-bond acceptors (Lipinski definition) is 6. The van der Waals surface area contributed by atoms with E-state index in [9.17, 15) is 9.59 Å². The molecule has 9 heteroatoms. The lowest BCUT2D eigenvalue weighted by molar-refractivity contribution is -0.119. The van der Waals surface area contributed by atoms with Crippen LogP contribution in [0, 0.1) is 0 Å². The zero-order valence-corrected chi connectivity index (χ0v) is 21.5. The molecule has 0 spiro atoms. The number of methoxy groups -OCH3 is 1. The van der Waals surface area contributed by atoms with Crippen molar-refractivity contribution in [2.45, 2.75) is 25.8 Å². The highest BCUT2D eigenvalue weighted by Gasteiger charge is 2.33. The Morgan fingerprint density at radius 3 is 2.72 bits per heavy atom. The molecule has 2 aromatic carbocycles. The number of amides is 2. The summed E-state index contributed by atoms with van der Waals surface area (Å²) in [5, 5.41) is 3.77. The minimum absolute atomic E-state index is 0.0105. The van der Waals surface area contributed by atoms with Gasteiger partial charge in [-0.2, -0.15) is 0 Å². The highest BCUT2D eigenvalue weighted by atomic mass is 35.5. The Morgan fingerprint density at radius 2 is 2.03 bits per heavy atom. The summed E-state index contributed by atoms with van der Waals surface area (Å²) in [5.41, 5.74) is 1.96. The lowest BCUT2D eigenvalue weighted by atomic mass is 10.1. The summed E-state index contributed by atoms with van der Waals surface area (Å²) < 4.78 is 10.6. The van der Waals surface area contributed by atoms with E-state index in [1.165, 1.54) is 35.6 Å². The van der Waals surface area contributed by atoms with Gasteiger partial charge in [-0.25, -0.2) is 4.99 Å². The molecule has 186 valence electrons. The number of carbonyl (C=O) groups is 2. The van der Waals surface area contributed by atoms with Gasteiger partial charge in [0, 0.05) is 12.1 Å². The molecule has 3 aromatic rings. The van der Waals surface area contributed by atoms with E-state index in [1.807, 2.05) is 25.1 Å². The predicted molar refractivity (Wildman–Crippen MR) is 144 cm³/mol. The monoisotopic (exact) mass is 523 g/mol. The van der Waals surface area contributed by atoms with Crippen molar-refractivity contribution in [2.24, 2.45) is 4.99 Å². The Hall–Kier alpha value is -3.49. The summed E-state index contributed by atoms with van der Waals surface area (Å²) >= 11 is 7.49. The van der Waals surface area contributed by atoms with E-state index in [-0.39, 0.29) is 29.3 Å². The molecule has 2 amide bonds. The fraction of sp³-hybridized carbons (Fsp3) is 0.222. The van der Waals surface area contributed by atoms with Crippen molar-refractivity contribution < 1.29 is 18.7 Å². The Labute approximate surface area is 219 Å². The topological polar surface area (TPSA) is 84.1 Å². The van der Waals surface area contributed by atoms with Gasteiger partial charge in [-0.15, -0.1) is 0 Å². The van der Waals surface area contributed by atoms with Crippen LogP contribution in [0.1, 0.15) is 24.7 Å². The van der Waals surface area contributed by atoms with E-state index >= 15 is 0 Å². The summed E-state index contributed by atoms with van der Waals surface area (Å²) in [6.07, 6.45) is 4.80. The van der Waals surface area contributed by atoms with Crippen LogP contribution in [0.3, 0.4) is 0 Å². The third kappa shape index (κ3) is 6.38. The predicted octanol–water partition coefficient (Wildman–Crippen LogP) is 5.56. The normalized spacial score (nSPS) is 15.2. The van der Waals surface area contributed by atoms with Crippen molar-refractivity contribution >= 4 is 52.1 Å². The third-order valence-corrected chi connectivity index (χ3v) is 6.73. The molecule has 1 aliphatic heterocycles. The van der Waals surface area contributed by atoms with Gasteiger partial charge in [0.1, 0.15) is 17.2 Å². The molecule has 36 heavy (non-hydrogen) atoms. The van der Waals surface area contributed by atoms with E-state index in [1.54, 1.807) is 36.4 Å². The van der Waals surface area contributed by atoms with Gasteiger partial charge in [0.2, 0.25) is 5.91 Å². The highest BCUT2D eigenvalue weighted by molar-refractivity contribution is 8.14. The van der Waals surface area contributed by atoms with Crippen molar-refractivity contribution in [3.05, 3.63) is 89.0 Å². The minimum Gasteiger partial charge on any atom is -0.495 e. The number of anilines is 1. The van der Waals surface area contributed by atoms with E-state index in [4.69, 9.17) is 20.8 Å². The molecule has 0 unspecified atom stereocenters. The molecular formula is C27H26ClN3O4S. The molecule has 2 heterocycles. The molecule has 0 bridgehead atoms. The molecular weight excluding hydrogens is 498 g/mol. The van der Waals surface area contributed by atoms with Crippen LogP contribution < -0.4 is 15.0 Å². The maximum absolute atomic E-state index is 13.3. The maximum atomic E-state index is 13.3. The third-order valence-electron chi connectivity index (χ3n) is 5.49. The fourth-order valence-corrected chi connectivity index (χ4v) is 4.75. The second-order valence-electron chi connectivity index (χ2n) is 8.18. The second kappa shape index (κ2) is 12.0. The number of thioether (sulfide) groups is 1. The van der Waals surface area contributed by atoms with Crippen LogP contribution in [0.4, 0.5) is 5.69 Å². The Bertz CT molecular complexity index is 1280. The summed E-state index contributed by atoms with van der Waals surface area (Å²) in [4.78, 5) is 31.9. The molecule has 1 atom stereocenters. The number of carbonyl (C=O) groups excluding carboxylic acids is 2. The average Bonchev–Trinajstić information content (AvgIpc) is 3.50. The molecule has 0 aliphatic carbocycles. The maximum Gasteiger partial charge on any atom is 0.283 e. The standard InChI is InChI=1S/C27H26ClN3O4S/c1-18(10-11-19-7-4-3-5-8-19)29-25(32)17-36-27-30-23(16-21-9-6-14-35-21)26(33)31(27)20-12-13-24(34-2)22(28)15-20/h3-9,12-16,18H,10-11,17H2,1-2H3,(H,29,32)/b23-16+/t18-/m1/s1. The van der Waals surface area contributed by atoms with E-state index in [0.717, 1.165) is 12.8 Å². The summed E-state index contributed by atoms with van der Waals surface area (Å²) in [5.74, 6) is 0.633. The molecule has 0 fully saturated rings. The quantitative estimate of drug-likeness (QED) is 0.371. The first kappa shape index (κ1) is 25.6. The number of ether oxygens (including phenoxy) is 1. The molecule has 1 aliphatic rings. The minimum atomic E-state index is -0.341. The number of benzene rings is 2. The largest absolute Gasteiger partial charge is 0.495 e. The smallest absolute Gasteiger partial charge is 0.283 e. The number of halogens is 1. The molecule has 1 aromatic heterocycles. The van der Waals surface area contributed by atoms with E-state index in [0.29, 0.717) is 27.4 Å². The van der Waals surface area contributed by atoms with Gasteiger partial charge >= 0.3 is 0 Å². The fourth-order valence-electron chi connectivity index (χ4n) is 3.67. The first-order chi connectivity index (χ1) is 17.4. The second-order valence-corrected chi connectivity index (χ2v) is 9.53. The zero-order chi connectivity index (χ0) is 25.5. The van der Waals surface area contributed by atoms with Crippen LogP contribution in [0.15, 0.2) is 82.0 Å². The van der Waals surface area contributed by atoms with Gasteiger partial charge in [0.05, 0.1) is 29.8 Å². The van der Waals surface area contributed by atoms with Crippen molar-refractivity contribution in [2.75, 3.05) is 17.8 Å². The van der Waals surface area contributed by atoms with Crippen molar-refractivity contribution in [1.29, 1.82) is 0 Å². The molecule has 7 nitrogen and oxygen atoms in total. The van der Waals surface area contributed by atoms with E-state index in [2.05, 4.69) is 22.4 Å². The SMILES string of the molecule is COc1ccc(N2C(=O)/C(=C\c3ccco3)N=C2SCC(=O)N[C@H](C)CCc2ccccc2)cc1Cl. The lowest BCUT2D eigenvalue weighted by Crippen LogP contribution is -2.36. The molecule has 0 radical (unpaired) electrons. The number of aliphatic imine (C=N–C) groups is 1. The van der Waals surface area contributed by atoms with E-state index < -0.39 is 0 Å². The summed E-state index contributed by atoms with van der Waals surface area (Å²) in [6.45, 7) is 1.98. The first-order valence-corrected chi connectivity index (χ1v) is 12.8. The van der Waals surface area contributed by atoms with Gasteiger partial charge in [-0.05, 0) is 55.7 Å². The van der Waals surface area contributed by atoms with Crippen molar-refractivity contribution in [3.63, 3.8) is 0 Å². The van der Waals surface area contributed by atoms with Crippen LogP contribution in [0.2, 0.25) is 5.02 Å². The van der Waals surface area contributed by atoms with Crippen LogP contribution in [0.5, 0.6) is 5.75 Å². The summed E-state index contributed by atoms with van der Waals surface area (Å²) in [7, 11) is 1.52. The number of hydrogen-bond donors (Lipinski definition) is 1. The van der Waals surface area contributed by atoms with Gasteiger partial charge in [0.15, 0.2) is 5.17 Å². The molecule has 0 saturated carbocycles. The van der Waals surface area contributed by atoms with Crippen LogP contribution >= 0.6 is 23.4 Å². The lowest BCUT2D eigenvalue weighted by Gasteiger charge is -2.19. The van der Waals surface area contributed by atoms with Gasteiger partial charge in [-0.3, -0.25) is 14.5 Å². The Morgan fingerprint density at radius 1 is 1.22 bits per heavy atom. The Kier molecular flexibility index (Phi) is 8.51. The van der Waals surface area contributed by atoms with Crippen LogP contribution in [-0.4, -0.2) is 35.9 Å². The first-order valence-electron chi connectivity index (χ1n) is 11.4. The molecule has 1 N–H and O–H groups in total. The number of nitrogens with zero attached hydrogens (tertiary/aromatic N) is 2. The number of nitrogens with one attached hydrogen (secondary N) is 1. The molecule has 0 saturated heterocycles. The number of furan rings is 1. The Balaban J connectivity index is 1.45. The molecule has 4 rings (SSSR count). The number of rotatable bonds is 9. The van der Waals surface area contributed by atoms with Gasteiger partial charge in [0.25, 0.3) is 5.91 Å². The zero-order valence-electron chi connectivity index (χ0n) is 19.9.